The van der Waals surface area contributed by atoms with Gasteiger partial charge in [0.25, 0.3) is 5.97 Å². The Kier molecular flexibility index (Phi) is 5.14. The number of rotatable bonds is 5. The molecule has 0 heterocycles. The number of carbonyl (C=O) groups is 1. The highest BCUT2D eigenvalue weighted by atomic mass is 28.5. The SMILES string of the molecule is CC(=O)O[Si](C)(C)O[Si](C)(C)O[Si](C)(C)C. The molecule has 0 atom stereocenters. The molecule has 0 saturated heterocycles. The van der Waals surface area contributed by atoms with E-state index in [-0.39, 0.29) is 5.97 Å². The van der Waals surface area contributed by atoms with E-state index in [1.54, 1.807) is 0 Å². The predicted octanol–water partition coefficient (Wildman–Crippen LogP) is 2.82. The summed E-state index contributed by atoms with van der Waals surface area (Å²) >= 11 is 0. The van der Waals surface area contributed by atoms with Crippen LogP contribution >= 0.6 is 0 Å². The second kappa shape index (κ2) is 5.13. The van der Waals surface area contributed by atoms with Crippen LogP contribution in [0.1, 0.15) is 6.92 Å². The summed E-state index contributed by atoms with van der Waals surface area (Å²) in [6, 6.07) is 0. The first-order valence-corrected chi connectivity index (χ1v) is 14.5. The lowest BCUT2D eigenvalue weighted by molar-refractivity contribution is -0.133. The van der Waals surface area contributed by atoms with Crippen molar-refractivity contribution in [1.82, 2.24) is 0 Å². The molecular formula is C9H24O4Si3. The molecule has 0 bridgehead atoms. The lowest BCUT2D eigenvalue weighted by atomic mass is 10.9. The van der Waals surface area contributed by atoms with Gasteiger partial charge in [0.1, 0.15) is 0 Å². The maximum Gasteiger partial charge on any atom is 0.386 e. The van der Waals surface area contributed by atoms with Gasteiger partial charge in [-0.25, -0.2) is 0 Å². The average molecular weight is 281 g/mol. The topological polar surface area (TPSA) is 44.8 Å². The van der Waals surface area contributed by atoms with Crippen LogP contribution in [0.3, 0.4) is 0 Å². The zero-order valence-electron chi connectivity index (χ0n) is 11.6. The smallest absolute Gasteiger partial charge is 0.386 e. The largest absolute Gasteiger partial charge is 0.495 e. The van der Waals surface area contributed by atoms with Gasteiger partial charge in [0.05, 0.1) is 0 Å². The second-order valence-corrected chi connectivity index (χ2v) is 17.4. The van der Waals surface area contributed by atoms with Crippen molar-refractivity contribution in [1.29, 1.82) is 0 Å². The van der Waals surface area contributed by atoms with Gasteiger partial charge in [0.2, 0.25) is 0 Å². The summed E-state index contributed by atoms with van der Waals surface area (Å²) in [4.78, 5) is 10.9. The Morgan fingerprint density at radius 3 is 1.56 bits per heavy atom. The van der Waals surface area contributed by atoms with Crippen molar-refractivity contribution in [3.8, 4) is 0 Å². The summed E-state index contributed by atoms with van der Waals surface area (Å²) in [5.41, 5.74) is 0. The van der Waals surface area contributed by atoms with E-state index in [0.29, 0.717) is 0 Å². The molecule has 0 amide bonds. The molecule has 0 aromatic rings. The Balaban J connectivity index is 4.51. The minimum atomic E-state index is -2.39. The maximum absolute atomic E-state index is 10.9. The van der Waals surface area contributed by atoms with Gasteiger partial charge < -0.3 is 12.7 Å². The monoisotopic (exact) mass is 280 g/mol. The minimum absolute atomic E-state index is 0.283. The Hall–Kier alpha value is 0.0406. The van der Waals surface area contributed by atoms with Gasteiger partial charge in [0.15, 0.2) is 8.32 Å². The second-order valence-electron chi connectivity index (χ2n) is 5.71. The lowest BCUT2D eigenvalue weighted by Gasteiger charge is -2.36. The van der Waals surface area contributed by atoms with Crippen LogP contribution in [0, 0.1) is 0 Å². The molecule has 0 aromatic heterocycles. The normalized spacial score (nSPS) is 13.8. The molecule has 0 aliphatic heterocycles. The Morgan fingerprint density at radius 1 is 0.812 bits per heavy atom. The molecule has 0 N–H and O–H groups in total. The number of hydrogen-bond acceptors (Lipinski definition) is 4. The third-order valence-electron chi connectivity index (χ3n) is 1.43. The molecular weight excluding hydrogens is 256 g/mol. The van der Waals surface area contributed by atoms with Gasteiger partial charge in [-0.15, -0.1) is 0 Å². The van der Waals surface area contributed by atoms with Crippen LogP contribution in [0.25, 0.3) is 0 Å². The lowest BCUT2D eigenvalue weighted by Crippen LogP contribution is -2.53. The van der Waals surface area contributed by atoms with E-state index >= 15 is 0 Å². The van der Waals surface area contributed by atoms with Gasteiger partial charge in [-0.1, -0.05) is 0 Å². The van der Waals surface area contributed by atoms with Crippen LogP contribution in [-0.4, -0.2) is 31.4 Å². The Labute approximate surface area is 102 Å². The maximum atomic E-state index is 10.9. The van der Waals surface area contributed by atoms with E-state index in [4.69, 9.17) is 12.7 Å². The number of carbonyl (C=O) groups excluding carboxylic acids is 1. The van der Waals surface area contributed by atoms with E-state index in [1.807, 2.05) is 26.2 Å². The highest BCUT2D eigenvalue weighted by Gasteiger charge is 2.40. The number of hydrogen-bond donors (Lipinski definition) is 0. The van der Waals surface area contributed by atoms with Crippen molar-refractivity contribution < 1.29 is 17.5 Å². The van der Waals surface area contributed by atoms with Gasteiger partial charge in [-0.2, -0.15) is 0 Å². The van der Waals surface area contributed by atoms with Crippen LogP contribution < -0.4 is 0 Å². The molecule has 0 aliphatic rings. The molecule has 0 fully saturated rings. The van der Waals surface area contributed by atoms with Crippen LogP contribution in [0.15, 0.2) is 0 Å². The molecule has 4 nitrogen and oxygen atoms in total. The van der Waals surface area contributed by atoms with Gasteiger partial charge in [-0.3, -0.25) is 4.79 Å². The highest BCUT2D eigenvalue weighted by Crippen LogP contribution is 2.20. The van der Waals surface area contributed by atoms with Gasteiger partial charge >= 0.3 is 17.1 Å². The van der Waals surface area contributed by atoms with Crippen molar-refractivity contribution in [2.24, 2.45) is 0 Å². The zero-order chi connectivity index (χ0) is 13.2. The van der Waals surface area contributed by atoms with Crippen LogP contribution in [0.4, 0.5) is 0 Å². The molecule has 0 saturated carbocycles. The summed E-state index contributed by atoms with van der Waals surface area (Å²) in [6.07, 6.45) is 0. The van der Waals surface area contributed by atoms with Crippen LogP contribution in [0.2, 0.25) is 45.8 Å². The molecule has 0 unspecified atom stereocenters. The Bertz CT molecular complexity index is 258. The molecule has 16 heavy (non-hydrogen) atoms. The summed E-state index contributed by atoms with van der Waals surface area (Å²) < 4.78 is 17.2. The third-order valence-corrected chi connectivity index (χ3v) is 10.6. The zero-order valence-corrected chi connectivity index (χ0v) is 14.6. The first-order chi connectivity index (χ1) is 6.83. The highest BCUT2D eigenvalue weighted by molar-refractivity contribution is 6.86. The summed E-state index contributed by atoms with van der Waals surface area (Å²) in [5, 5.41) is 0. The van der Waals surface area contributed by atoms with E-state index in [2.05, 4.69) is 19.6 Å². The Morgan fingerprint density at radius 2 is 1.25 bits per heavy atom. The third kappa shape index (κ3) is 8.22. The molecule has 7 heteroatoms. The molecule has 0 aromatic carbocycles. The van der Waals surface area contributed by atoms with Crippen LogP contribution in [0.5, 0.6) is 0 Å². The first kappa shape index (κ1) is 16.0. The van der Waals surface area contributed by atoms with E-state index in [1.165, 1.54) is 6.92 Å². The summed E-state index contributed by atoms with van der Waals surface area (Å²) in [7, 11) is -6.20. The van der Waals surface area contributed by atoms with Crippen LogP contribution in [-0.2, 0) is 17.5 Å². The predicted molar refractivity (Wildman–Crippen MR) is 72.2 cm³/mol. The van der Waals surface area contributed by atoms with Crippen molar-refractivity contribution >= 4 is 31.4 Å². The minimum Gasteiger partial charge on any atom is -0.495 e. The fraction of sp³-hybridized carbons (Fsp3) is 0.889. The van der Waals surface area contributed by atoms with Crippen molar-refractivity contribution in [2.75, 3.05) is 0 Å². The quantitative estimate of drug-likeness (QED) is 0.727. The first-order valence-electron chi connectivity index (χ1n) is 5.43. The summed E-state index contributed by atoms with van der Waals surface area (Å²) in [6.45, 7) is 15.6. The fourth-order valence-electron chi connectivity index (χ4n) is 1.72. The molecule has 0 rings (SSSR count). The molecule has 96 valence electrons. The van der Waals surface area contributed by atoms with Gasteiger partial charge in [0, 0.05) is 6.92 Å². The van der Waals surface area contributed by atoms with Crippen molar-refractivity contribution in [3.05, 3.63) is 0 Å². The molecule has 0 spiro atoms. The average Bonchev–Trinajstić information content (AvgIpc) is 1.69. The standard InChI is InChI=1S/C9H24O4Si3/c1-9(10)11-15(5,6)13-16(7,8)12-14(2,3)4/h1-8H3. The summed E-state index contributed by atoms with van der Waals surface area (Å²) in [5.74, 6) is -0.283. The molecule has 0 aliphatic carbocycles. The van der Waals surface area contributed by atoms with Gasteiger partial charge in [-0.05, 0) is 45.8 Å². The van der Waals surface area contributed by atoms with E-state index in [9.17, 15) is 4.79 Å². The van der Waals surface area contributed by atoms with Crippen molar-refractivity contribution in [2.45, 2.75) is 52.8 Å². The van der Waals surface area contributed by atoms with E-state index < -0.39 is 25.4 Å². The van der Waals surface area contributed by atoms with Crippen molar-refractivity contribution in [3.63, 3.8) is 0 Å². The fourth-order valence-corrected chi connectivity index (χ4v) is 13.8. The van der Waals surface area contributed by atoms with E-state index in [0.717, 1.165) is 0 Å². The molecule has 0 radical (unpaired) electrons.